The number of nitrogens with zero attached hydrogens (tertiary/aromatic N) is 4. The van der Waals surface area contributed by atoms with Gasteiger partial charge in [0, 0.05) is 24.5 Å². The van der Waals surface area contributed by atoms with E-state index < -0.39 is 0 Å². The van der Waals surface area contributed by atoms with E-state index in [0.717, 1.165) is 11.3 Å². The van der Waals surface area contributed by atoms with Gasteiger partial charge in [0.05, 0.1) is 21.5 Å². The minimum absolute atomic E-state index is 0.119. The molecule has 138 valence electrons. The largest absolute Gasteiger partial charge is 0.352 e. The van der Waals surface area contributed by atoms with E-state index in [4.69, 9.17) is 23.2 Å². The number of amides is 1. The number of pyridine rings is 1. The van der Waals surface area contributed by atoms with Crippen molar-refractivity contribution in [1.82, 2.24) is 25.1 Å². The first-order valence-corrected chi connectivity index (χ1v) is 9.66. The predicted molar refractivity (Wildman–Crippen MR) is 109 cm³/mol. The molecule has 0 spiro atoms. The molecule has 1 N–H and O–H groups in total. The molecular formula is C18H15Cl2N5OS. The van der Waals surface area contributed by atoms with Crippen molar-refractivity contribution in [3.8, 4) is 17.1 Å². The van der Waals surface area contributed by atoms with Gasteiger partial charge in [0.2, 0.25) is 5.91 Å². The first-order chi connectivity index (χ1) is 13.1. The van der Waals surface area contributed by atoms with Crippen molar-refractivity contribution in [2.75, 3.05) is 12.3 Å². The molecule has 3 aromatic rings. The zero-order valence-corrected chi connectivity index (χ0v) is 16.4. The Kier molecular flexibility index (Phi) is 6.49. The summed E-state index contributed by atoms with van der Waals surface area (Å²) in [6, 6.07) is 8.96. The number of benzene rings is 1. The summed E-state index contributed by atoms with van der Waals surface area (Å²) in [6.07, 6.45) is 5.01. The Morgan fingerprint density at radius 2 is 2.11 bits per heavy atom. The second-order valence-corrected chi connectivity index (χ2v) is 7.12. The lowest BCUT2D eigenvalue weighted by atomic mass is 10.2. The Morgan fingerprint density at radius 1 is 1.26 bits per heavy atom. The highest BCUT2D eigenvalue weighted by Crippen LogP contribution is 2.31. The average Bonchev–Trinajstić information content (AvgIpc) is 3.11. The molecule has 0 fully saturated rings. The molecule has 2 heterocycles. The number of rotatable bonds is 7. The number of thioether (sulfide) groups is 1. The van der Waals surface area contributed by atoms with Crippen LogP contribution in [0.2, 0.25) is 10.0 Å². The van der Waals surface area contributed by atoms with Crippen LogP contribution in [0.1, 0.15) is 0 Å². The molecule has 0 saturated carbocycles. The van der Waals surface area contributed by atoms with Gasteiger partial charge < -0.3 is 5.32 Å². The first kappa shape index (κ1) is 19.4. The van der Waals surface area contributed by atoms with Gasteiger partial charge in [-0.05, 0) is 30.3 Å². The van der Waals surface area contributed by atoms with Crippen LogP contribution in [-0.4, -0.2) is 38.0 Å². The van der Waals surface area contributed by atoms with Crippen LogP contribution in [-0.2, 0) is 4.79 Å². The van der Waals surface area contributed by atoms with Crippen LogP contribution >= 0.6 is 35.0 Å². The number of carbonyl (C=O) groups is 1. The lowest BCUT2D eigenvalue weighted by Gasteiger charge is -2.11. The summed E-state index contributed by atoms with van der Waals surface area (Å²) in [5.74, 6) is 0.669. The van der Waals surface area contributed by atoms with Crippen LogP contribution in [0.25, 0.3) is 17.1 Å². The van der Waals surface area contributed by atoms with E-state index in [-0.39, 0.29) is 11.7 Å². The van der Waals surface area contributed by atoms with Gasteiger partial charge in [0.1, 0.15) is 0 Å². The normalized spacial score (nSPS) is 10.6. The fourth-order valence-electron chi connectivity index (χ4n) is 2.27. The number of halogens is 2. The van der Waals surface area contributed by atoms with E-state index in [0.29, 0.717) is 27.6 Å². The molecule has 27 heavy (non-hydrogen) atoms. The monoisotopic (exact) mass is 419 g/mol. The van der Waals surface area contributed by atoms with Gasteiger partial charge >= 0.3 is 0 Å². The van der Waals surface area contributed by atoms with Crippen molar-refractivity contribution in [3.05, 3.63) is 65.4 Å². The molecular weight excluding hydrogens is 405 g/mol. The summed E-state index contributed by atoms with van der Waals surface area (Å²) in [5.41, 5.74) is 1.53. The molecule has 9 heteroatoms. The molecule has 6 nitrogen and oxygen atoms in total. The maximum Gasteiger partial charge on any atom is 0.230 e. The Hall–Kier alpha value is -2.35. The van der Waals surface area contributed by atoms with Crippen LogP contribution in [0.5, 0.6) is 0 Å². The molecule has 0 bridgehead atoms. The summed E-state index contributed by atoms with van der Waals surface area (Å²) in [5, 5.41) is 12.7. The first-order valence-electron chi connectivity index (χ1n) is 7.91. The third-order valence-corrected chi connectivity index (χ3v) is 5.16. The zero-order valence-electron chi connectivity index (χ0n) is 14.1. The van der Waals surface area contributed by atoms with Crippen molar-refractivity contribution in [1.29, 1.82) is 0 Å². The van der Waals surface area contributed by atoms with E-state index >= 15 is 0 Å². The Balaban J connectivity index is 1.98. The predicted octanol–water partition coefficient (Wildman–Crippen LogP) is 4.03. The maximum atomic E-state index is 11.9. The minimum Gasteiger partial charge on any atom is -0.352 e. The van der Waals surface area contributed by atoms with Crippen LogP contribution < -0.4 is 5.32 Å². The summed E-state index contributed by atoms with van der Waals surface area (Å²) < 4.78 is 1.82. The van der Waals surface area contributed by atoms with Gasteiger partial charge in [-0.3, -0.25) is 14.3 Å². The fourth-order valence-corrected chi connectivity index (χ4v) is 3.34. The van der Waals surface area contributed by atoms with E-state index in [9.17, 15) is 4.79 Å². The standard InChI is InChI=1S/C18H15Cl2N5OS/c1-2-7-22-16(26)11-27-18-24-23-17(12-4-3-8-21-10-12)25(18)13-5-6-14(19)15(20)9-13/h2-6,8-10H,1,7,11H2,(H,22,26). The highest BCUT2D eigenvalue weighted by atomic mass is 35.5. The van der Waals surface area contributed by atoms with Crippen LogP contribution in [0.4, 0.5) is 0 Å². The average molecular weight is 420 g/mol. The van der Waals surface area contributed by atoms with E-state index in [1.807, 2.05) is 22.8 Å². The van der Waals surface area contributed by atoms with Gasteiger partial charge in [0.25, 0.3) is 0 Å². The van der Waals surface area contributed by atoms with E-state index in [1.165, 1.54) is 11.8 Å². The number of aromatic nitrogens is 4. The lowest BCUT2D eigenvalue weighted by molar-refractivity contribution is -0.118. The van der Waals surface area contributed by atoms with E-state index in [1.54, 1.807) is 30.6 Å². The van der Waals surface area contributed by atoms with Crippen molar-refractivity contribution >= 4 is 40.9 Å². The Morgan fingerprint density at radius 3 is 2.81 bits per heavy atom. The summed E-state index contributed by atoms with van der Waals surface area (Å²) in [7, 11) is 0. The number of carbonyl (C=O) groups excluding carboxylic acids is 1. The molecule has 0 atom stereocenters. The van der Waals surface area contributed by atoms with Crippen LogP contribution in [0.3, 0.4) is 0 Å². The quantitative estimate of drug-likeness (QED) is 0.462. The van der Waals surface area contributed by atoms with Gasteiger partial charge in [-0.25, -0.2) is 0 Å². The third kappa shape index (κ3) is 4.68. The number of hydrogen-bond donors (Lipinski definition) is 1. The van der Waals surface area contributed by atoms with Crippen molar-refractivity contribution in [2.45, 2.75) is 5.16 Å². The lowest BCUT2D eigenvalue weighted by Crippen LogP contribution is -2.25. The maximum absolute atomic E-state index is 11.9. The minimum atomic E-state index is -0.119. The smallest absolute Gasteiger partial charge is 0.230 e. The van der Waals surface area contributed by atoms with Gasteiger partial charge in [-0.15, -0.1) is 16.8 Å². The number of hydrogen-bond acceptors (Lipinski definition) is 5. The van der Waals surface area contributed by atoms with Crippen LogP contribution in [0.15, 0.2) is 60.5 Å². The topological polar surface area (TPSA) is 72.7 Å². The summed E-state index contributed by atoms with van der Waals surface area (Å²) in [4.78, 5) is 16.0. The van der Waals surface area contributed by atoms with Crippen molar-refractivity contribution in [2.24, 2.45) is 0 Å². The molecule has 1 aromatic carbocycles. The third-order valence-electron chi connectivity index (χ3n) is 3.49. The van der Waals surface area contributed by atoms with Crippen molar-refractivity contribution in [3.63, 3.8) is 0 Å². The van der Waals surface area contributed by atoms with Gasteiger partial charge in [0.15, 0.2) is 11.0 Å². The molecule has 0 aliphatic heterocycles. The molecule has 0 aliphatic rings. The fraction of sp³-hybridized carbons (Fsp3) is 0.111. The van der Waals surface area contributed by atoms with Crippen molar-refractivity contribution < 1.29 is 4.79 Å². The highest BCUT2D eigenvalue weighted by molar-refractivity contribution is 7.99. The van der Waals surface area contributed by atoms with Crippen LogP contribution in [0, 0.1) is 0 Å². The second-order valence-electron chi connectivity index (χ2n) is 5.36. The molecule has 2 aromatic heterocycles. The SMILES string of the molecule is C=CCNC(=O)CSc1nnc(-c2cccnc2)n1-c1ccc(Cl)c(Cl)c1. The Bertz CT molecular complexity index is 962. The highest BCUT2D eigenvalue weighted by Gasteiger charge is 2.18. The molecule has 0 unspecified atom stereocenters. The second kappa shape index (κ2) is 9.03. The molecule has 1 amide bonds. The Labute approximate surface area is 170 Å². The van der Waals surface area contributed by atoms with Gasteiger partial charge in [-0.2, -0.15) is 0 Å². The van der Waals surface area contributed by atoms with Gasteiger partial charge in [-0.1, -0.05) is 41.0 Å². The summed E-state index contributed by atoms with van der Waals surface area (Å²) >= 11 is 13.5. The molecule has 3 rings (SSSR count). The summed E-state index contributed by atoms with van der Waals surface area (Å²) in [6.45, 7) is 4.00. The molecule has 0 saturated heterocycles. The van der Waals surface area contributed by atoms with E-state index in [2.05, 4.69) is 27.1 Å². The molecule has 0 radical (unpaired) electrons. The molecule has 0 aliphatic carbocycles. The number of nitrogens with one attached hydrogen (secondary N) is 1. The zero-order chi connectivity index (χ0) is 19.2.